The Morgan fingerprint density at radius 1 is 1.27 bits per heavy atom. The van der Waals surface area contributed by atoms with Crippen LogP contribution in [0.4, 0.5) is 0 Å². The van der Waals surface area contributed by atoms with Crippen LogP contribution in [0.1, 0.15) is 25.3 Å². The van der Waals surface area contributed by atoms with E-state index in [-0.39, 0.29) is 30.1 Å². The molecule has 0 spiro atoms. The number of nitrogens with two attached hydrogens (primary N) is 1. The van der Waals surface area contributed by atoms with E-state index in [1.54, 1.807) is 11.8 Å². The van der Waals surface area contributed by atoms with Crippen LogP contribution in [0.2, 0.25) is 0 Å². The van der Waals surface area contributed by atoms with E-state index >= 15 is 0 Å². The van der Waals surface area contributed by atoms with E-state index in [9.17, 15) is 9.59 Å². The van der Waals surface area contributed by atoms with Crippen molar-refractivity contribution < 1.29 is 9.59 Å². The summed E-state index contributed by atoms with van der Waals surface area (Å²) in [5, 5.41) is 2.97. The number of carbonyl (C=O) groups is 2. The number of piperidine rings is 1. The lowest BCUT2D eigenvalue weighted by atomic mass is 9.95. The van der Waals surface area contributed by atoms with Crippen molar-refractivity contribution >= 4 is 24.2 Å². The first-order valence-electron chi connectivity index (χ1n) is 7.44. The summed E-state index contributed by atoms with van der Waals surface area (Å²) in [6.45, 7) is 3.48. The zero-order chi connectivity index (χ0) is 15.2. The fraction of sp³-hybridized carbons (Fsp3) is 0.500. The van der Waals surface area contributed by atoms with Crippen molar-refractivity contribution in [3.63, 3.8) is 0 Å². The van der Waals surface area contributed by atoms with Crippen molar-refractivity contribution in [2.45, 2.75) is 32.4 Å². The van der Waals surface area contributed by atoms with Gasteiger partial charge in [0, 0.05) is 25.6 Å². The zero-order valence-electron chi connectivity index (χ0n) is 12.8. The SMILES string of the molecule is C[C@@H](N)C(=O)N1CCC(C(=O)NCc2ccccc2)CC1.Cl. The maximum Gasteiger partial charge on any atom is 0.239 e. The Morgan fingerprint density at radius 2 is 1.86 bits per heavy atom. The standard InChI is InChI=1S/C16H23N3O2.ClH/c1-12(17)16(21)19-9-7-14(8-10-19)15(20)18-11-13-5-3-2-4-6-13;/h2-6,12,14H,7-11,17H2,1H3,(H,18,20);1H/t12-;/m1./s1. The van der Waals surface area contributed by atoms with Gasteiger partial charge in [-0.3, -0.25) is 9.59 Å². The van der Waals surface area contributed by atoms with Crippen LogP contribution in [0.15, 0.2) is 30.3 Å². The van der Waals surface area contributed by atoms with E-state index in [1.165, 1.54) is 0 Å². The van der Waals surface area contributed by atoms with Crippen LogP contribution in [0.3, 0.4) is 0 Å². The van der Waals surface area contributed by atoms with Crippen LogP contribution < -0.4 is 11.1 Å². The molecule has 1 aliphatic rings. The molecule has 2 rings (SSSR count). The summed E-state index contributed by atoms with van der Waals surface area (Å²) in [7, 11) is 0. The Bertz CT molecular complexity index is 485. The maximum absolute atomic E-state index is 12.1. The average molecular weight is 326 g/mol. The fourth-order valence-corrected chi connectivity index (χ4v) is 2.58. The number of carbonyl (C=O) groups excluding carboxylic acids is 2. The first-order chi connectivity index (χ1) is 10.1. The molecule has 1 saturated heterocycles. The highest BCUT2D eigenvalue weighted by Gasteiger charge is 2.28. The normalized spacial score (nSPS) is 16.5. The Morgan fingerprint density at radius 3 is 2.41 bits per heavy atom. The van der Waals surface area contributed by atoms with Crippen LogP contribution in [0.5, 0.6) is 0 Å². The first kappa shape index (κ1) is 18.5. The molecule has 3 N–H and O–H groups in total. The van der Waals surface area contributed by atoms with Gasteiger partial charge < -0.3 is 16.0 Å². The van der Waals surface area contributed by atoms with Crippen molar-refractivity contribution in [3.8, 4) is 0 Å². The third-order valence-corrected chi connectivity index (χ3v) is 3.88. The second-order valence-corrected chi connectivity index (χ2v) is 5.59. The summed E-state index contributed by atoms with van der Waals surface area (Å²) in [6.07, 6.45) is 1.41. The summed E-state index contributed by atoms with van der Waals surface area (Å²) in [4.78, 5) is 25.7. The molecule has 6 heteroatoms. The monoisotopic (exact) mass is 325 g/mol. The number of rotatable bonds is 4. The number of halogens is 1. The average Bonchev–Trinajstić information content (AvgIpc) is 2.53. The van der Waals surface area contributed by atoms with Gasteiger partial charge in [0.15, 0.2) is 0 Å². The topological polar surface area (TPSA) is 75.4 Å². The summed E-state index contributed by atoms with van der Waals surface area (Å²) in [6, 6.07) is 9.39. The van der Waals surface area contributed by atoms with E-state index in [1.807, 2.05) is 30.3 Å². The molecule has 0 aliphatic carbocycles. The number of amides is 2. The van der Waals surface area contributed by atoms with Crippen LogP contribution in [-0.2, 0) is 16.1 Å². The van der Waals surface area contributed by atoms with Crippen molar-refractivity contribution in [3.05, 3.63) is 35.9 Å². The van der Waals surface area contributed by atoms with Gasteiger partial charge in [-0.2, -0.15) is 0 Å². The Labute approximate surface area is 137 Å². The molecule has 122 valence electrons. The van der Waals surface area contributed by atoms with Crippen LogP contribution >= 0.6 is 12.4 Å². The molecule has 22 heavy (non-hydrogen) atoms. The summed E-state index contributed by atoms with van der Waals surface area (Å²) in [5.74, 6) is 0.0377. The molecule has 1 aliphatic heterocycles. The lowest BCUT2D eigenvalue weighted by molar-refractivity contribution is -0.136. The second-order valence-electron chi connectivity index (χ2n) is 5.59. The third-order valence-electron chi connectivity index (χ3n) is 3.88. The lowest BCUT2D eigenvalue weighted by Gasteiger charge is -2.32. The number of nitrogens with zero attached hydrogens (tertiary/aromatic N) is 1. The highest BCUT2D eigenvalue weighted by molar-refractivity contribution is 5.85. The highest BCUT2D eigenvalue weighted by Crippen LogP contribution is 2.18. The minimum atomic E-state index is -0.464. The predicted octanol–water partition coefficient (Wildman–Crippen LogP) is 1.31. The van der Waals surface area contributed by atoms with Gasteiger partial charge >= 0.3 is 0 Å². The van der Waals surface area contributed by atoms with Crippen molar-refractivity contribution in [2.24, 2.45) is 11.7 Å². The minimum absolute atomic E-state index is 0. The minimum Gasteiger partial charge on any atom is -0.352 e. The van der Waals surface area contributed by atoms with E-state index < -0.39 is 6.04 Å². The van der Waals surface area contributed by atoms with Gasteiger partial charge in [0.05, 0.1) is 6.04 Å². The summed E-state index contributed by atoms with van der Waals surface area (Å²) in [5.41, 5.74) is 6.70. The van der Waals surface area contributed by atoms with Crippen molar-refractivity contribution in [1.82, 2.24) is 10.2 Å². The molecular formula is C16H24ClN3O2. The van der Waals surface area contributed by atoms with Crippen molar-refractivity contribution in [2.75, 3.05) is 13.1 Å². The molecule has 0 saturated carbocycles. The molecule has 1 aromatic rings. The van der Waals surface area contributed by atoms with Crippen LogP contribution in [0, 0.1) is 5.92 Å². The molecule has 0 bridgehead atoms. The van der Waals surface area contributed by atoms with E-state index in [0.717, 1.165) is 5.56 Å². The number of nitrogens with one attached hydrogen (secondary N) is 1. The molecule has 1 aromatic carbocycles. The largest absolute Gasteiger partial charge is 0.352 e. The summed E-state index contributed by atoms with van der Waals surface area (Å²) < 4.78 is 0. The molecule has 2 amide bonds. The van der Waals surface area contributed by atoms with Gasteiger partial charge in [-0.25, -0.2) is 0 Å². The molecular weight excluding hydrogens is 302 g/mol. The number of benzene rings is 1. The smallest absolute Gasteiger partial charge is 0.239 e. The van der Waals surface area contributed by atoms with Gasteiger partial charge in [-0.1, -0.05) is 30.3 Å². The summed E-state index contributed by atoms with van der Waals surface area (Å²) >= 11 is 0. The van der Waals surface area contributed by atoms with Gasteiger partial charge in [0.2, 0.25) is 11.8 Å². The van der Waals surface area contributed by atoms with Crippen LogP contribution in [0.25, 0.3) is 0 Å². The van der Waals surface area contributed by atoms with E-state index in [4.69, 9.17) is 5.73 Å². The quantitative estimate of drug-likeness (QED) is 0.876. The Balaban J connectivity index is 0.00000242. The van der Waals surface area contributed by atoms with Crippen LogP contribution in [-0.4, -0.2) is 35.8 Å². The van der Waals surface area contributed by atoms with Crippen molar-refractivity contribution in [1.29, 1.82) is 0 Å². The molecule has 1 fully saturated rings. The Hall–Kier alpha value is -1.59. The molecule has 0 radical (unpaired) electrons. The van der Waals surface area contributed by atoms with Gasteiger partial charge in [0.1, 0.15) is 0 Å². The molecule has 1 atom stereocenters. The van der Waals surface area contributed by atoms with E-state index in [0.29, 0.717) is 32.5 Å². The van der Waals surface area contributed by atoms with Gasteiger partial charge in [-0.15, -0.1) is 12.4 Å². The molecule has 1 heterocycles. The second kappa shape index (κ2) is 8.76. The first-order valence-corrected chi connectivity index (χ1v) is 7.44. The molecule has 0 aromatic heterocycles. The predicted molar refractivity (Wildman–Crippen MR) is 88.5 cm³/mol. The third kappa shape index (κ3) is 5.00. The fourth-order valence-electron chi connectivity index (χ4n) is 2.58. The van der Waals surface area contributed by atoms with Gasteiger partial charge in [-0.05, 0) is 25.3 Å². The lowest BCUT2D eigenvalue weighted by Crippen LogP contribution is -2.47. The number of likely N-dealkylation sites (tertiary alicyclic amines) is 1. The number of hydrogen-bond donors (Lipinski definition) is 2. The maximum atomic E-state index is 12.1. The molecule has 5 nitrogen and oxygen atoms in total. The zero-order valence-corrected chi connectivity index (χ0v) is 13.6. The van der Waals surface area contributed by atoms with E-state index in [2.05, 4.69) is 5.32 Å². The molecule has 0 unspecified atom stereocenters. The number of hydrogen-bond acceptors (Lipinski definition) is 3. The Kier molecular flexibility index (Phi) is 7.35. The van der Waals surface area contributed by atoms with Gasteiger partial charge in [0.25, 0.3) is 0 Å². The highest BCUT2D eigenvalue weighted by atomic mass is 35.5.